The fourth-order valence-electron chi connectivity index (χ4n) is 1.91. The van der Waals surface area contributed by atoms with Crippen LogP contribution < -0.4 is 5.32 Å². The number of aromatic nitrogens is 2. The Bertz CT molecular complexity index is 679. The Balaban J connectivity index is 1.96. The minimum Gasteiger partial charge on any atom is -0.326 e. The van der Waals surface area contributed by atoms with Crippen molar-refractivity contribution in [3.63, 3.8) is 0 Å². The minimum absolute atomic E-state index is 0.00417. The van der Waals surface area contributed by atoms with E-state index in [1.807, 2.05) is 13.1 Å². The van der Waals surface area contributed by atoms with Gasteiger partial charge in [0.25, 0.3) is 5.69 Å². The van der Waals surface area contributed by atoms with Gasteiger partial charge in [0.1, 0.15) is 0 Å². The topological polar surface area (TPSA) is 90.1 Å². The van der Waals surface area contributed by atoms with Crippen LogP contribution in [0.5, 0.6) is 0 Å². The summed E-state index contributed by atoms with van der Waals surface area (Å²) in [5, 5.41) is 17.6. The highest BCUT2D eigenvalue weighted by atomic mass is 16.6. The third-order valence-electron chi connectivity index (χ3n) is 3.02. The smallest absolute Gasteiger partial charge is 0.274 e. The van der Waals surface area contributed by atoms with E-state index in [0.717, 1.165) is 5.56 Å². The zero-order valence-corrected chi connectivity index (χ0v) is 11.9. The maximum absolute atomic E-state index is 11.8. The number of nitrogens with zero attached hydrogens (tertiary/aromatic N) is 3. The van der Waals surface area contributed by atoms with Gasteiger partial charge in [0.05, 0.1) is 11.1 Å². The summed E-state index contributed by atoms with van der Waals surface area (Å²) < 4.78 is 1.69. The van der Waals surface area contributed by atoms with Crippen molar-refractivity contribution < 1.29 is 9.72 Å². The summed E-state index contributed by atoms with van der Waals surface area (Å²) in [6.07, 6.45) is 3.83. The predicted octanol–water partition coefficient (Wildman–Crippen LogP) is 2.44. The molecule has 2 aromatic rings. The number of carbonyl (C=O) groups is 1. The van der Waals surface area contributed by atoms with Crippen molar-refractivity contribution in [2.24, 2.45) is 0 Å². The monoisotopic (exact) mass is 288 g/mol. The van der Waals surface area contributed by atoms with Gasteiger partial charge in [-0.2, -0.15) is 5.10 Å². The van der Waals surface area contributed by atoms with E-state index in [2.05, 4.69) is 10.4 Å². The van der Waals surface area contributed by atoms with Crippen LogP contribution in [0.25, 0.3) is 0 Å². The second kappa shape index (κ2) is 6.17. The first-order valence-electron chi connectivity index (χ1n) is 6.49. The average molecular weight is 288 g/mol. The highest BCUT2D eigenvalue weighted by Gasteiger charge is 2.12. The molecule has 1 N–H and O–H groups in total. The van der Waals surface area contributed by atoms with Crippen LogP contribution in [-0.4, -0.2) is 20.6 Å². The molecule has 1 heterocycles. The number of benzene rings is 1. The average Bonchev–Trinajstić information content (AvgIpc) is 2.84. The molecule has 0 unspecified atom stereocenters. The largest absolute Gasteiger partial charge is 0.326 e. The van der Waals surface area contributed by atoms with Crippen LogP contribution in [0.3, 0.4) is 0 Å². The second-order valence-corrected chi connectivity index (χ2v) is 4.84. The predicted molar refractivity (Wildman–Crippen MR) is 78.0 cm³/mol. The SMILES string of the molecule is Cc1cnn(CCC(=O)Nc2ccc(C)c([N+](=O)[O-])c2)c1. The molecule has 0 bridgehead atoms. The van der Waals surface area contributed by atoms with Gasteiger partial charge < -0.3 is 5.32 Å². The molecule has 7 nitrogen and oxygen atoms in total. The summed E-state index contributed by atoms with van der Waals surface area (Å²) in [7, 11) is 0. The summed E-state index contributed by atoms with van der Waals surface area (Å²) in [5.41, 5.74) is 2.01. The van der Waals surface area contributed by atoms with E-state index in [9.17, 15) is 14.9 Å². The normalized spacial score (nSPS) is 10.4. The Kier molecular flexibility index (Phi) is 4.32. The maximum atomic E-state index is 11.8. The van der Waals surface area contributed by atoms with Crippen LogP contribution >= 0.6 is 0 Å². The number of hydrogen-bond acceptors (Lipinski definition) is 4. The van der Waals surface area contributed by atoms with Crippen LogP contribution in [0.15, 0.2) is 30.6 Å². The van der Waals surface area contributed by atoms with Crippen molar-refractivity contribution in [1.82, 2.24) is 9.78 Å². The molecule has 21 heavy (non-hydrogen) atoms. The van der Waals surface area contributed by atoms with Crippen LogP contribution in [0.4, 0.5) is 11.4 Å². The zero-order valence-electron chi connectivity index (χ0n) is 11.9. The number of hydrogen-bond donors (Lipinski definition) is 1. The fraction of sp³-hybridized carbons (Fsp3) is 0.286. The van der Waals surface area contributed by atoms with E-state index in [1.165, 1.54) is 6.07 Å². The Morgan fingerprint density at radius 3 is 2.81 bits per heavy atom. The standard InChI is InChI=1S/C14H16N4O3/c1-10-8-15-17(9-10)6-5-14(19)16-12-4-3-11(2)13(7-12)18(20)21/h3-4,7-9H,5-6H2,1-2H3,(H,16,19). The van der Waals surface area contributed by atoms with E-state index in [1.54, 1.807) is 29.9 Å². The second-order valence-electron chi connectivity index (χ2n) is 4.84. The highest BCUT2D eigenvalue weighted by Crippen LogP contribution is 2.22. The van der Waals surface area contributed by atoms with Gasteiger partial charge in [-0.25, -0.2) is 0 Å². The number of nitrogens with one attached hydrogen (secondary N) is 1. The lowest BCUT2D eigenvalue weighted by molar-refractivity contribution is -0.385. The molecule has 0 spiro atoms. The molecule has 0 aliphatic heterocycles. The van der Waals surface area contributed by atoms with Crippen LogP contribution in [0, 0.1) is 24.0 Å². The minimum atomic E-state index is -0.461. The maximum Gasteiger partial charge on any atom is 0.274 e. The number of rotatable bonds is 5. The summed E-state index contributed by atoms with van der Waals surface area (Å²) in [6.45, 7) is 4.05. The van der Waals surface area contributed by atoms with Crippen molar-refractivity contribution in [3.8, 4) is 0 Å². The number of anilines is 1. The van der Waals surface area contributed by atoms with Gasteiger partial charge in [0, 0.05) is 36.5 Å². The van der Waals surface area contributed by atoms with Crippen molar-refractivity contribution >= 4 is 17.3 Å². The molecule has 7 heteroatoms. The van der Waals surface area contributed by atoms with Gasteiger partial charge >= 0.3 is 0 Å². The van der Waals surface area contributed by atoms with Gasteiger partial charge in [-0.3, -0.25) is 19.6 Å². The Morgan fingerprint density at radius 2 is 2.19 bits per heavy atom. The molecule has 1 aromatic heterocycles. The first kappa shape index (κ1) is 14.7. The molecule has 0 saturated heterocycles. The number of amides is 1. The van der Waals surface area contributed by atoms with E-state index >= 15 is 0 Å². The van der Waals surface area contributed by atoms with Crippen LogP contribution in [0.2, 0.25) is 0 Å². The van der Waals surface area contributed by atoms with E-state index < -0.39 is 4.92 Å². The summed E-state index contributed by atoms with van der Waals surface area (Å²) in [4.78, 5) is 22.2. The molecule has 0 aliphatic carbocycles. The molecule has 0 saturated carbocycles. The van der Waals surface area contributed by atoms with Crippen molar-refractivity contribution in [3.05, 3.63) is 51.8 Å². The van der Waals surface area contributed by atoms with E-state index in [0.29, 0.717) is 17.8 Å². The van der Waals surface area contributed by atoms with Crippen molar-refractivity contribution in [2.75, 3.05) is 5.32 Å². The van der Waals surface area contributed by atoms with Crippen LogP contribution in [0.1, 0.15) is 17.5 Å². The molecule has 0 aliphatic rings. The number of aryl methyl sites for hydroxylation is 3. The zero-order chi connectivity index (χ0) is 15.4. The molecule has 1 aromatic carbocycles. The summed E-state index contributed by atoms with van der Waals surface area (Å²) in [6, 6.07) is 4.63. The Labute approximate surface area is 121 Å². The molecular weight excluding hydrogens is 272 g/mol. The fourth-order valence-corrected chi connectivity index (χ4v) is 1.91. The quantitative estimate of drug-likeness (QED) is 0.675. The lowest BCUT2D eigenvalue weighted by Crippen LogP contribution is -2.14. The van der Waals surface area contributed by atoms with Gasteiger partial charge in [-0.05, 0) is 25.5 Å². The first-order chi connectivity index (χ1) is 9.95. The highest BCUT2D eigenvalue weighted by molar-refractivity contribution is 5.91. The molecule has 0 atom stereocenters. The van der Waals surface area contributed by atoms with Crippen molar-refractivity contribution in [1.29, 1.82) is 0 Å². The van der Waals surface area contributed by atoms with E-state index in [4.69, 9.17) is 0 Å². The number of nitro groups is 1. The van der Waals surface area contributed by atoms with Crippen LogP contribution in [-0.2, 0) is 11.3 Å². The molecular formula is C14H16N4O3. The third kappa shape index (κ3) is 3.88. The Hall–Kier alpha value is -2.70. The lowest BCUT2D eigenvalue weighted by atomic mass is 10.2. The van der Waals surface area contributed by atoms with E-state index in [-0.39, 0.29) is 18.0 Å². The molecule has 0 radical (unpaired) electrons. The first-order valence-corrected chi connectivity index (χ1v) is 6.49. The van der Waals surface area contributed by atoms with Gasteiger partial charge in [-0.15, -0.1) is 0 Å². The Morgan fingerprint density at radius 1 is 1.43 bits per heavy atom. The number of carbonyl (C=O) groups excluding carboxylic acids is 1. The summed E-state index contributed by atoms with van der Waals surface area (Å²) in [5.74, 6) is -0.207. The molecule has 2 rings (SSSR count). The van der Waals surface area contributed by atoms with Gasteiger partial charge in [-0.1, -0.05) is 6.07 Å². The van der Waals surface area contributed by atoms with Gasteiger partial charge in [0.15, 0.2) is 0 Å². The molecule has 1 amide bonds. The number of nitro benzene ring substituents is 1. The van der Waals surface area contributed by atoms with Crippen molar-refractivity contribution in [2.45, 2.75) is 26.8 Å². The lowest BCUT2D eigenvalue weighted by Gasteiger charge is -2.06. The molecule has 110 valence electrons. The molecule has 0 fully saturated rings. The third-order valence-corrected chi connectivity index (χ3v) is 3.02. The summed E-state index contributed by atoms with van der Waals surface area (Å²) >= 11 is 0. The van der Waals surface area contributed by atoms with Gasteiger partial charge in [0.2, 0.25) is 5.91 Å².